The minimum absolute atomic E-state index is 0.266. The molecule has 2 atom stereocenters. The molecule has 39 heavy (non-hydrogen) atoms. The van der Waals surface area contributed by atoms with Crippen LogP contribution in [0.2, 0.25) is 5.02 Å². The zero-order valence-electron chi connectivity index (χ0n) is 21.1. The number of fused-ring (bicyclic) bond motifs is 1. The molecule has 0 aliphatic heterocycles. The monoisotopic (exact) mass is 548 g/mol. The molecule has 0 bridgehead atoms. The number of halogens is 3. The van der Waals surface area contributed by atoms with Crippen LogP contribution in [0.15, 0.2) is 54.6 Å². The van der Waals surface area contributed by atoms with E-state index in [9.17, 15) is 8.78 Å². The van der Waals surface area contributed by atoms with Crippen LogP contribution in [-0.2, 0) is 12.8 Å². The van der Waals surface area contributed by atoms with E-state index in [1.807, 2.05) is 36.4 Å². The van der Waals surface area contributed by atoms with E-state index in [0.29, 0.717) is 40.8 Å². The van der Waals surface area contributed by atoms with E-state index in [1.54, 1.807) is 0 Å². The fourth-order valence-electron chi connectivity index (χ4n) is 5.59. The molecule has 10 heteroatoms. The largest absolute Gasteiger partial charge is 0.493 e. The average Bonchev–Trinajstić information content (AvgIpc) is 3.60. The summed E-state index contributed by atoms with van der Waals surface area (Å²) in [6, 6.07) is 16.2. The number of H-pyrrole nitrogens is 2. The van der Waals surface area contributed by atoms with E-state index in [-0.39, 0.29) is 5.92 Å². The molecule has 1 saturated carbocycles. The molecule has 0 spiro atoms. The molecule has 1 aliphatic carbocycles. The van der Waals surface area contributed by atoms with Gasteiger partial charge in [-0.05, 0) is 53.2 Å². The van der Waals surface area contributed by atoms with Gasteiger partial charge in [-0.1, -0.05) is 54.8 Å². The van der Waals surface area contributed by atoms with Crippen LogP contribution in [0.1, 0.15) is 48.6 Å². The van der Waals surface area contributed by atoms with E-state index >= 15 is 0 Å². The lowest BCUT2D eigenvalue weighted by Crippen LogP contribution is -2.21. The topological polar surface area (TPSA) is 92.4 Å². The molecule has 2 unspecified atom stereocenters. The van der Waals surface area contributed by atoms with Gasteiger partial charge in [-0.15, -0.1) is 10.2 Å². The normalized spacial score (nSPS) is 17.5. The van der Waals surface area contributed by atoms with Gasteiger partial charge in [0.05, 0.1) is 17.6 Å². The lowest BCUT2D eigenvalue weighted by Gasteiger charge is -2.32. The molecule has 5 aromatic rings. The number of benzene rings is 3. The number of imidazole rings is 1. The smallest absolute Gasteiger partial charge is 0.204 e. The van der Waals surface area contributed by atoms with Crippen LogP contribution in [0.3, 0.4) is 0 Å². The van der Waals surface area contributed by atoms with Gasteiger partial charge in [-0.25, -0.2) is 13.8 Å². The maximum atomic E-state index is 13.7. The summed E-state index contributed by atoms with van der Waals surface area (Å²) in [4.78, 5) is 7.74. The first-order valence-corrected chi connectivity index (χ1v) is 13.5. The fraction of sp³-hybridized carbons (Fsp3) is 0.310. The van der Waals surface area contributed by atoms with Crippen molar-refractivity contribution in [1.82, 2.24) is 30.6 Å². The molecule has 0 amide bonds. The van der Waals surface area contributed by atoms with Gasteiger partial charge in [0.25, 0.3) is 0 Å². The Balaban J connectivity index is 1.17. The minimum atomic E-state index is -0.887. The van der Waals surface area contributed by atoms with Gasteiger partial charge in [0.15, 0.2) is 11.6 Å². The Labute approximate surface area is 229 Å². The van der Waals surface area contributed by atoms with Crippen LogP contribution in [-0.4, -0.2) is 37.2 Å². The number of rotatable bonds is 8. The number of nitrogens with zero attached hydrogens (tertiary/aromatic N) is 4. The van der Waals surface area contributed by atoms with Gasteiger partial charge < -0.3 is 9.72 Å². The van der Waals surface area contributed by atoms with Crippen molar-refractivity contribution in [1.29, 1.82) is 0 Å². The highest BCUT2D eigenvalue weighted by atomic mass is 35.5. The summed E-state index contributed by atoms with van der Waals surface area (Å²) >= 11 is 6.38. The molecule has 2 heterocycles. The second-order valence-electron chi connectivity index (χ2n) is 10.0. The van der Waals surface area contributed by atoms with Crippen LogP contribution in [0.4, 0.5) is 8.78 Å². The molecule has 0 radical (unpaired) electrons. The van der Waals surface area contributed by atoms with Crippen molar-refractivity contribution in [2.75, 3.05) is 6.61 Å². The Morgan fingerprint density at radius 2 is 1.79 bits per heavy atom. The van der Waals surface area contributed by atoms with Crippen LogP contribution >= 0.6 is 11.6 Å². The molecular weight excluding hydrogens is 522 g/mol. The third kappa shape index (κ3) is 5.63. The molecule has 2 aromatic heterocycles. The zero-order chi connectivity index (χ0) is 26.8. The third-order valence-corrected chi connectivity index (χ3v) is 7.75. The van der Waals surface area contributed by atoms with Gasteiger partial charge in [-0.3, -0.25) is 0 Å². The van der Waals surface area contributed by atoms with Gasteiger partial charge in [0.2, 0.25) is 5.82 Å². The molecule has 7 nitrogen and oxygen atoms in total. The Morgan fingerprint density at radius 1 is 0.974 bits per heavy atom. The fourth-order valence-corrected chi connectivity index (χ4v) is 5.75. The Kier molecular flexibility index (Phi) is 7.24. The maximum Gasteiger partial charge on any atom is 0.204 e. The van der Waals surface area contributed by atoms with Crippen molar-refractivity contribution in [2.24, 2.45) is 5.92 Å². The van der Waals surface area contributed by atoms with Crippen LogP contribution in [0.25, 0.3) is 22.4 Å². The molecular formula is C29H27ClF2N6O. The number of hydrogen-bond acceptors (Lipinski definition) is 5. The standard InChI is InChI=1S/C29H27ClF2N6O/c30-20-9-10-22(27(14-20)39-12-11-17-5-7-18(8-6-17)29-35-37-38-36-29)21-4-2-1-3-19(21)13-28-33-25-15-23(31)24(32)16-26(25)34-28/h5-10,14-16,19,21H,1-4,11-13H2,(H,33,34)(H,35,36,37,38). The van der Waals surface area contributed by atoms with Gasteiger partial charge >= 0.3 is 0 Å². The lowest BCUT2D eigenvalue weighted by molar-refractivity contribution is 0.279. The van der Waals surface area contributed by atoms with Crippen LogP contribution in [0.5, 0.6) is 5.75 Å². The Morgan fingerprint density at radius 3 is 2.62 bits per heavy atom. The highest BCUT2D eigenvalue weighted by Gasteiger charge is 2.30. The SMILES string of the molecule is Fc1cc2nc(CC3CCCCC3c3ccc(Cl)cc3OCCc3ccc(-c4nn[nH]n4)cc3)[nH]c2cc1F. The van der Waals surface area contributed by atoms with Crippen molar-refractivity contribution in [2.45, 2.75) is 44.4 Å². The Bertz CT molecular complexity index is 1530. The van der Waals surface area contributed by atoms with E-state index in [2.05, 4.69) is 36.7 Å². The summed E-state index contributed by atoms with van der Waals surface area (Å²) in [6.45, 7) is 0.507. The van der Waals surface area contributed by atoms with Crippen molar-refractivity contribution in [3.05, 3.63) is 88.2 Å². The second-order valence-corrected chi connectivity index (χ2v) is 10.5. The van der Waals surface area contributed by atoms with Crippen molar-refractivity contribution in [3.63, 3.8) is 0 Å². The summed E-state index contributed by atoms with van der Waals surface area (Å²) in [6.07, 6.45) is 5.76. The number of tetrazole rings is 1. The molecule has 3 aromatic carbocycles. The first-order chi connectivity index (χ1) is 19.0. The highest BCUT2D eigenvalue weighted by Crippen LogP contribution is 2.43. The third-order valence-electron chi connectivity index (χ3n) is 7.52. The molecule has 2 N–H and O–H groups in total. The number of ether oxygens (including phenoxy) is 1. The quantitative estimate of drug-likeness (QED) is 0.222. The van der Waals surface area contributed by atoms with Crippen molar-refractivity contribution >= 4 is 22.6 Å². The number of nitrogens with one attached hydrogen (secondary N) is 2. The van der Waals surface area contributed by atoms with Gasteiger partial charge in [0, 0.05) is 35.6 Å². The number of aromatic amines is 2. The summed E-state index contributed by atoms with van der Waals surface area (Å²) in [5.74, 6) is 0.924. The van der Waals surface area contributed by atoms with Crippen molar-refractivity contribution in [3.8, 4) is 17.1 Å². The maximum absolute atomic E-state index is 13.7. The first kappa shape index (κ1) is 25.4. The summed E-state index contributed by atoms with van der Waals surface area (Å²) in [7, 11) is 0. The summed E-state index contributed by atoms with van der Waals surface area (Å²) in [5.41, 5.74) is 4.13. The predicted molar refractivity (Wildman–Crippen MR) is 145 cm³/mol. The van der Waals surface area contributed by atoms with Gasteiger partial charge in [-0.2, -0.15) is 5.21 Å². The number of hydrogen-bond donors (Lipinski definition) is 2. The Hall–Kier alpha value is -3.85. The van der Waals surface area contributed by atoms with E-state index in [1.165, 1.54) is 6.07 Å². The lowest BCUT2D eigenvalue weighted by atomic mass is 9.73. The second kappa shape index (κ2) is 11.1. The molecule has 1 aliphatic rings. The first-order valence-electron chi connectivity index (χ1n) is 13.1. The highest BCUT2D eigenvalue weighted by molar-refractivity contribution is 6.30. The molecule has 6 rings (SSSR count). The predicted octanol–water partition coefficient (Wildman–Crippen LogP) is 6.81. The summed E-state index contributed by atoms with van der Waals surface area (Å²) in [5, 5.41) is 14.7. The van der Waals surface area contributed by atoms with Crippen molar-refractivity contribution < 1.29 is 13.5 Å². The van der Waals surface area contributed by atoms with Crippen LogP contribution in [0, 0.1) is 17.6 Å². The van der Waals surface area contributed by atoms with E-state index < -0.39 is 11.6 Å². The van der Waals surface area contributed by atoms with E-state index in [4.69, 9.17) is 16.3 Å². The molecule has 200 valence electrons. The van der Waals surface area contributed by atoms with E-state index in [0.717, 1.165) is 66.4 Å². The van der Waals surface area contributed by atoms with Gasteiger partial charge in [0.1, 0.15) is 11.6 Å². The molecule has 1 fully saturated rings. The summed E-state index contributed by atoms with van der Waals surface area (Å²) < 4.78 is 33.7. The molecule has 0 saturated heterocycles. The minimum Gasteiger partial charge on any atom is -0.493 e. The zero-order valence-corrected chi connectivity index (χ0v) is 21.9. The van der Waals surface area contributed by atoms with Crippen LogP contribution < -0.4 is 4.74 Å². The average molecular weight is 549 g/mol. The number of aromatic nitrogens is 6.